The molecule has 0 atom stereocenters. The Morgan fingerprint density at radius 3 is 2.70 bits per heavy atom. The van der Waals surface area contributed by atoms with Crippen molar-refractivity contribution in [3.63, 3.8) is 0 Å². The highest BCUT2D eigenvalue weighted by molar-refractivity contribution is 5.93. The second-order valence-electron chi connectivity index (χ2n) is 4.02. The molecule has 2 rings (SSSR count). The van der Waals surface area contributed by atoms with Crippen molar-refractivity contribution in [1.29, 1.82) is 0 Å². The first kappa shape index (κ1) is 13.8. The van der Waals surface area contributed by atoms with E-state index in [-0.39, 0.29) is 24.6 Å². The lowest BCUT2D eigenvalue weighted by Gasteiger charge is -2.01. The number of rotatable bonds is 5. The van der Waals surface area contributed by atoms with E-state index in [1.807, 2.05) is 35.8 Å². The van der Waals surface area contributed by atoms with Crippen molar-refractivity contribution in [2.45, 2.75) is 6.42 Å². The Labute approximate surface area is 115 Å². The van der Waals surface area contributed by atoms with Crippen LogP contribution in [0.15, 0.2) is 40.9 Å². The molecular formula is C13H14N4O3. The average Bonchev–Trinajstić information content (AvgIpc) is 2.97. The normalized spacial score (nSPS) is 10.1. The Morgan fingerprint density at radius 2 is 2.00 bits per heavy atom. The minimum absolute atomic E-state index is 0.103. The smallest absolute Gasteiger partial charge is 0.273 e. The first-order valence-corrected chi connectivity index (χ1v) is 6.00. The van der Waals surface area contributed by atoms with Gasteiger partial charge in [-0.15, -0.1) is 0 Å². The number of benzene rings is 1. The van der Waals surface area contributed by atoms with Gasteiger partial charge >= 0.3 is 0 Å². The molecule has 1 aromatic carbocycles. The quantitative estimate of drug-likeness (QED) is 0.416. The summed E-state index contributed by atoms with van der Waals surface area (Å²) >= 11 is 0. The van der Waals surface area contributed by atoms with Gasteiger partial charge in [-0.25, -0.2) is 5.84 Å². The van der Waals surface area contributed by atoms with Gasteiger partial charge in [0.1, 0.15) is 0 Å². The van der Waals surface area contributed by atoms with Crippen molar-refractivity contribution in [3.8, 4) is 11.3 Å². The zero-order valence-electron chi connectivity index (χ0n) is 10.6. The molecule has 1 aromatic heterocycles. The van der Waals surface area contributed by atoms with Crippen molar-refractivity contribution < 1.29 is 14.1 Å². The average molecular weight is 274 g/mol. The molecule has 104 valence electrons. The molecule has 2 aromatic rings. The van der Waals surface area contributed by atoms with Crippen LogP contribution in [0.2, 0.25) is 0 Å². The molecule has 4 N–H and O–H groups in total. The fourth-order valence-electron chi connectivity index (χ4n) is 1.57. The third-order valence-electron chi connectivity index (χ3n) is 2.60. The van der Waals surface area contributed by atoms with Gasteiger partial charge in [0.25, 0.3) is 5.91 Å². The number of carbonyl (C=O) groups excluding carboxylic acids is 2. The summed E-state index contributed by atoms with van der Waals surface area (Å²) in [7, 11) is 0. The topological polar surface area (TPSA) is 110 Å². The number of hydrogen-bond acceptors (Lipinski definition) is 5. The Kier molecular flexibility index (Phi) is 4.46. The van der Waals surface area contributed by atoms with Gasteiger partial charge in [-0.1, -0.05) is 35.5 Å². The molecular weight excluding hydrogens is 260 g/mol. The number of nitrogens with one attached hydrogen (secondary N) is 2. The van der Waals surface area contributed by atoms with E-state index < -0.39 is 5.91 Å². The van der Waals surface area contributed by atoms with E-state index in [9.17, 15) is 9.59 Å². The number of hydrazine groups is 1. The van der Waals surface area contributed by atoms with E-state index in [0.29, 0.717) is 5.76 Å². The molecule has 0 aliphatic rings. The van der Waals surface area contributed by atoms with E-state index in [1.54, 1.807) is 6.07 Å². The van der Waals surface area contributed by atoms with E-state index in [1.165, 1.54) is 0 Å². The molecule has 0 aliphatic carbocycles. The number of aromatic nitrogens is 1. The lowest BCUT2D eigenvalue weighted by Crippen LogP contribution is -2.34. The number of hydrogen-bond donors (Lipinski definition) is 3. The Bertz CT molecular complexity index is 595. The molecule has 7 nitrogen and oxygen atoms in total. The Balaban J connectivity index is 1.95. The van der Waals surface area contributed by atoms with E-state index in [2.05, 4.69) is 10.5 Å². The number of nitrogens with two attached hydrogens (primary N) is 1. The van der Waals surface area contributed by atoms with Crippen molar-refractivity contribution in [3.05, 3.63) is 42.1 Å². The Morgan fingerprint density at radius 1 is 1.25 bits per heavy atom. The molecule has 1 heterocycles. The summed E-state index contributed by atoms with van der Waals surface area (Å²) in [4.78, 5) is 22.7. The fourth-order valence-corrected chi connectivity index (χ4v) is 1.57. The summed E-state index contributed by atoms with van der Waals surface area (Å²) in [5, 5.41) is 6.25. The van der Waals surface area contributed by atoms with Crippen LogP contribution in [0.1, 0.15) is 16.9 Å². The van der Waals surface area contributed by atoms with Crippen LogP contribution < -0.4 is 16.6 Å². The second kappa shape index (κ2) is 6.48. The largest absolute Gasteiger partial charge is 0.355 e. The van der Waals surface area contributed by atoms with Crippen molar-refractivity contribution >= 4 is 11.8 Å². The molecule has 7 heteroatoms. The maximum atomic E-state index is 11.8. The molecule has 0 fully saturated rings. The summed E-state index contributed by atoms with van der Waals surface area (Å²) in [6.07, 6.45) is 0.103. The number of amides is 2. The molecule has 0 radical (unpaired) electrons. The minimum atomic E-state index is -0.402. The predicted octanol–water partition coefficient (Wildman–Crippen LogP) is 0.451. The summed E-state index contributed by atoms with van der Waals surface area (Å²) in [5.74, 6) is 4.68. The van der Waals surface area contributed by atoms with Crippen molar-refractivity contribution in [1.82, 2.24) is 15.9 Å². The fraction of sp³-hybridized carbons (Fsp3) is 0.154. The third kappa shape index (κ3) is 3.42. The molecule has 0 saturated heterocycles. The lowest BCUT2D eigenvalue weighted by molar-refractivity contribution is -0.121. The zero-order chi connectivity index (χ0) is 14.4. The van der Waals surface area contributed by atoms with E-state index in [0.717, 1.165) is 5.56 Å². The van der Waals surface area contributed by atoms with Crippen LogP contribution in [-0.4, -0.2) is 23.5 Å². The summed E-state index contributed by atoms with van der Waals surface area (Å²) < 4.78 is 5.11. The zero-order valence-corrected chi connectivity index (χ0v) is 10.6. The van der Waals surface area contributed by atoms with E-state index >= 15 is 0 Å². The van der Waals surface area contributed by atoms with Crippen LogP contribution in [0.3, 0.4) is 0 Å². The predicted molar refractivity (Wildman–Crippen MR) is 71.2 cm³/mol. The number of carbonyl (C=O) groups is 2. The first-order chi connectivity index (χ1) is 9.70. The van der Waals surface area contributed by atoms with Gasteiger partial charge in [-0.05, 0) is 0 Å². The van der Waals surface area contributed by atoms with Crippen LogP contribution in [-0.2, 0) is 4.79 Å². The van der Waals surface area contributed by atoms with Gasteiger partial charge in [-0.3, -0.25) is 15.0 Å². The minimum Gasteiger partial charge on any atom is -0.355 e. The van der Waals surface area contributed by atoms with Crippen LogP contribution in [0.5, 0.6) is 0 Å². The monoisotopic (exact) mass is 274 g/mol. The molecule has 0 spiro atoms. The maximum absolute atomic E-state index is 11.8. The summed E-state index contributed by atoms with van der Waals surface area (Å²) in [6.45, 7) is 0.176. The van der Waals surface area contributed by atoms with Gasteiger partial charge < -0.3 is 9.84 Å². The van der Waals surface area contributed by atoms with Gasteiger partial charge in [0.05, 0.1) is 0 Å². The molecule has 0 bridgehead atoms. The maximum Gasteiger partial charge on any atom is 0.273 e. The van der Waals surface area contributed by atoms with E-state index in [4.69, 9.17) is 10.4 Å². The van der Waals surface area contributed by atoms with Crippen molar-refractivity contribution in [2.75, 3.05) is 6.54 Å². The molecule has 0 saturated carbocycles. The van der Waals surface area contributed by atoms with Crippen LogP contribution in [0.25, 0.3) is 11.3 Å². The standard InChI is InChI=1S/C13H14N4O3/c14-16-12(18)6-7-15-13(19)10-8-11(20-17-10)9-4-2-1-3-5-9/h1-5,8H,6-7,14H2,(H,15,19)(H,16,18). The highest BCUT2D eigenvalue weighted by atomic mass is 16.5. The Hall–Kier alpha value is -2.67. The van der Waals surface area contributed by atoms with Gasteiger partial charge in [0.15, 0.2) is 11.5 Å². The third-order valence-corrected chi connectivity index (χ3v) is 2.60. The van der Waals surface area contributed by atoms with Crippen LogP contribution in [0, 0.1) is 0 Å². The molecule has 2 amide bonds. The molecule has 0 unspecified atom stereocenters. The second-order valence-corrected chi connectivity index (χ2v) is 4.02. The lowest BCUT2D eigenvalue weighted by atomic mass is 10.1. The SMILES string of the molecule is NNC(=O)CCNC(=O)c1cc(-c2ccccc2)on1. The van der Waals surface area contributed by atoms with Gasteiger partial charge in [0.2, 0.25) is 5.91 Å². The van der Waals surface area contributed by atoms with Crippen LogP contribution in [0.4, 0.5) is 0 Å². The first-order valence-electron chi connectivity index (χ1n) is 6.00. The van der Waals surface area contributed by atoms with Crippen molar-refractivity contribution in [2.24, 2.45) is 5.84 Å². The molecule has 20 heavy (non-hydrogen) atoms. The summed E-state index contributed by atoms with van der Waals surface area (Å²) in [6, 6.07) is 10.9. The van der Waals surface area contributed by atoms with Crippen LogP contribution >= 0.6 is 0 Å². The molecule has 0 aliphatic heterocycles. The highest BCUT2D eigenvalue weighted by Crippen LogP contribution is 2.19. The number of nitrogens with zero attached hydrogens (tertiary/aromatic N) is 1. The highest BCUT2D eigenvalue weighted by Gasteiger charge is 2.13. The van der Waals surface area contributed by atoms with Gasteiger partial charge in [-0.2, -0.15) is 0 Å². The van der Waals surface area contributed by atoms with Gasteiger partial charge in [0, 0.05) is 24.6 Å². The summed E-state index contributed by atoms with van der Waals surface area (Å²) in [5.41, 5.74) is 2.98.